The molecule has 1 aliphatic heterocycles. The van der Waals surface area contributed by atoms with Crippen molar-refractivity contribution in [3.8, 4) is 0 Å². The molecule has 102 valence electrons. The first-order valence-electron chi connectivity index (χ1n) is 5.93. The first-order chi connectivity index (χ1) is 8.81. The Labute approximate surface area is 112 Å². The van der Waals surface area contributed by atoms with Crippen LogP contribution in [0.3, 0.4) is 0 Å². The van der Waals surface area contributed by atoms with Gasteiger partial charge in [0.05, 0.1) is 10.6 Å². The molecule has 0 atom stereocenters. The van der Waals surface area contributed by atoms with Gasteiger partial charge in [0, 0.05) is 20.0 Å². The summed E-state index contributed by atoms with van der Waals surface area (Å²) >= 11 is 0. The number of ketones is 1. The van der Waals surface area contributed by atoms with Crippen molar-refractivity contribution in [2.24, 2.45) is 0 Å². The number of Topliss-reactive ketones (excluding diaryl/α,β-unsaturated/α-hetero) is 1. The molecule has 1 aromatic carbocycles. The molecular weight excluding hydrogens is 266 g/mol. The molecule has 0 fully saturated rings. The molecule has 0 bridgehead atoms. The highest BCUT2D eigenvalue weighted by atomic mass is 32.2. The maximum atomic E-state index is 12.1. The van der Waals surface area contributed by atoms with Gasteiger partial charge >= 0.3 is 0 Å². The third kappa shape index (κ3) is 2.68. The van der Waals surface area contributed by atoms with Crippen molar-refractivity contribution in [2.45, 2.75) is 25.3 Å². The number of nitrogens with zero attached hydrogens (tertiary/aromatic N) is 1. The Balaban J connectivity index is 2.48. The Morgan fingerprint density at radius 2 is 1.95 bits per heavy atom. The number of aryl methyl sites for hydroxylation is 1. The zero-order valence-electron chi connectivity index (χ0n) is 10.8. The highest BCUT2D eigenvalue weighted by Gasteiger charge is 2.28. The molecular formula is C13H15NO4S. The summed E-state index contributed by atoms with van der Waals surface area (Å²) < 4.78 is 24.2. The van der Waals surface area contributed by atoms with Crippen LogP contribution in [0.1, 0.15) is 18.1 Å². The summed E-state index contributed by atoms with van der Waals surface area (Å²) in [5, 5.41) is 0. The minimum absolute atomic E-state index is 0.0501. The lowest BCUT2D eigenvalue weighted by Gasteiger charge is -2.18. The Bertz CT molecular complexity index is 649. The lowest BCUT2D eigenvalue weighted by molar-refractivity contribution is -0.143. The monoisotopic (exact) mass is 281 g/mol. The van der Waals surface area contributed by atoms with Gasteiger partial charge in [-0.15, -0.1) is 0 Å². The van der Waals surface area contributed by atoms with Crippen molar-refractivity contribution in [1.29, 1.82) is 0 Å². The lowest BCUT2D eigenvalue weighted by atomic mass is 10.1. The zero-order valence-corrected chi connectivity index (χ0v) is 11.7. The SMILES string of the molecule is CC(=O)C(=O)N1CCS(=O)(=O)c2ccc(C)cc2C1. The molecule has 0 unspecified atom stereocenters. The Morgan fingerprint density at radius 3 is 2.58 bits per heavy atom. The summed E-state index contributed by atoms with van der Waals surface area (Å²) in [4.78, 5) is 24.5. The molecule has 1 heterocycles. The second kappa shape index (κ2) is 4.77. The molecule has 2 rings (SSSR count). The molecule has 6 heteroatoms. The van der Waals surface area contributed by atoms with Crippen LogP contribution >= 0.6 is 0 Å². The van der Waals surface area contributed by atoms with Crippen molar-refractivity contribution < 1.29 is 18.0 Å². The van der Waals surface area contributed by atoms with Crippen LogP contribution in [0.15, 0.2) is 23.1 Å². The smallest absolute Gasteiger partial charge is 0.289 e. The zero-order chi connectivity index (χ0) is 14.2. The normalized spacial score (nSPS) is 17.5. The maximum absolute atomic E-state index is 12.1. The standard InChI is InChI=1S/C13H15NO4S/c1-9-3-4-12-11(7-9)8-14(13(16)10(2)15)5-6-19(12,17)18/h3-4,7H,5-6,8H2,1-2H3. The van der Waals surface area contributed by atoms with Gasteiger partial charge in [-0.1, -0.05) is 17.7 Å². The van der Waals surface area contributed by atoms with E-state index in [-0.39, 0.29) is 23.7 Å². The number of rotatable bonds is 1. The maximum Gasteiger partial charge on any atom is 0.289 e. The van der Waals surface area contributed by atoms with Crippen LogP contribution in [0, 0.1) is 6.92 Å². The fourth-order valence-corrected chi connectivity index (χ4v) is 3.64. The number of sulfone groups is 1. The minimum Gasteiger partial charge on any atom is -0.331 e. The Kier molecular flexibility index (Phi) is 3.45. The molecule has 0 spiro atoms. The molecule has 1 aromatic rings. The van der Waals surface area contributed by atoms with E-state index >= 15 is 0 Å². The van der Waals surface area contributed by atoms with Gasteiger partial charge in [0.2, 0.25) is 5.78 Å². The van der Waals surface area contributed by atoms with Crippen molar-refractivity contribution in [3.63, 3.8) is 0 Å². The second-order valence-electron chi connectivity index (χ2n) is 4.71. The van der Waals surface area contributed by atoms with E-state index < -0.39 is 21.5 Å². The molecule has 0 aromatic heterocycles. The fraction of sp³-hybridized carbons (Fsp3) is 0.385. The molecule has 19 heavy (non-hydrogen) atoms. The number of fused-ring (bicyclic) bond motifs is 1. The lowest BCUT2D eigenvalue weighted by Crippen LogP contribution is -2.36. The molecule has 0 aliphatic carbocycles. The van der Waals surface area contributed by atoms with Crippen LogP contribution in [0.2, 0.25) is 0 Å². The summed E-state index contributed by atoms with van der Waals surface area (Å²) in [6.07, 6.45) is 0. The predicted octanol–water partition coefficient (Wildman–Crippen LogP) is 0.700. The summed E-state index contributed by atoms with van der Waals surface area (Å²) in [5.74, 6) is -1.36. The van der Waals surface area contributed by atoms with E-state index in [9.17, 15) is 18.0 Å². The van der Waals surface area contributed by atoms with E-state index in [0.29, 0.717) is 5.56 Å². The van der Waals surface area contributed by atoms with E-state index in [1.54, 1.807) is 18.2 Å². The molecule has 0 radical (unpaired) electrons. The highest BCUT2D eigenvalue weighted by Crippen LogP contribution is 2.24. The molecule has 1 amide bonds. The van der Waals surface area contributed by atoms with Gasteiger partial charge in [-0.3, -0.25) is 9.59 Å². The summed E-state index contributed by atoms with van der Waals surface area (Å²) in [5.41, 5.74) is 1.50. The van der Waals surface area contributed by atoms with Gasteiger partial charge in [-0.2, -0.15) is 0 Å². The van der Waals surface area contributed by atoms with E-state index in [2.05, 4.69) is 0 Å². The van der Waals surface area contributed by atoms with E-state index in [1.165, 1.54) is 11.8 Å². The molecule has 1 aliphatic rings. The number of carbonyl (C=O) groups excluding carboxylic acids is 2. The molecule has 0 saturated heterocycles. The van der Waals surface area contributed by atoms with Crippen molar-refractivity contribution in [1.82, 2.24) is 4.90 Å². The minimum atomic E-state index is -3.39. The van der Waals surface area contributed by atoms with E-state index in [4.69, 9.17) is 0 Å². The Hall–Kier alpha value is -1.69. The molecule has 5 nitrogen and oxygen atoms in total. The fourth-order valence-electron chi connectivity index (χ4n) is 2.16. The number of hydrogen-bond acceptors (Lipinski definition) is 4. The Morgan fingerprint density at radius 1 is 1.26 bits per heavy atom. The number of hydrogen-bond donors (Lipinski definition) is 0. The van der Waals surface area contributed by atoms with Crippen LogP contribution in [0.4, 0.5) is 0 Å². The van der Waals surface area contributed by atoms with Crippen LogP contribution in [0.25, 0.3) is 0 Å². The highest BCUT2D eigenvalue weighted by molar-refractivity contribution is 7.91. The third-order valence-electron chi connectivity index (χ3n) is 3.13. The van der Waals surface area contributed by atoms with Gasteiger partial charge in [0.1, 0.15) is 0 Å². The van der Waals surface area contributed by atoms with E-state index in [0.717, 1.165) is 5.56 Å². The largest absolute Gasteiger partial charge is 0.331 e. The predicted molar refractivity (Wildman–Crippen MR) is 69.3 cm³/mol. The van der Waals surface area contributed by atoms with Gasteiger partial charge in [0.25, 0.3) is 5.91 Å². The van der Waals surface area contributed by atoms with Crippen LogP contribution < -0.4 is 0 Å². The molecule has 0 N–H and O–H groups in total. The second-order valence-corrected chi connectivity index (χ2v) is 6.79. The average molecular weight is 281 g/mol. The third-order valence-corrected chi connectivity index (χ3v) is 4.92. The topological polar surface area (TPSA) is 71.5 Å². The summed E-state index contributed by atoms with van der Waals surface area (Å²) in [7, 11) is -3.39. The number of carbonyl (C=O) groups is 2. The van der Waals surface area contributed by atoms with Gasteiger partial charge in [-0.25, -0.2) is 8.42 Å². The number of amides is 1. The van der Waals surface area contributed by atoms with Crippen molar-refractivity contribution in [2.75, 3.05) is 12.3 Å². The first-order valence-corrected chi connectivity index (χ1v) is 7.58. The van der Waals surface area contributed by atoms with Gasteiger partial charge < -0.3 is 4.90 Å². The molecule has 0 saturated carbocycles. The van der Waals surface area contributed by atoms with Crippen LogP contribution in [0.5, 0.6) is 0 Å². The number of benzene rings is 1. The summed E-state index contributed by atoms with van der Waals surface area (Å²) in [6.45, 7) is 3.26. The van der Waals surface area contributed by atoms with Crippen molar-refractivity contribution >= 4 is 21.5 Å². The van der Waals surface area contributed by atoms with Crippen molar-refractivity contribution in [3.05, 3.63) is 29.3 Å². The summed E-state index contributed by atoms with van der Waals surface area (Å²) in [6, 6.07) is 5.05. The first kappa shape index (κ1) is 13.7. The van der Waals surface area contributed by atoms with Crippen LogP contribution in [-0.2, 0) is 26.0 Å². The van der Waals surface area contributed by atoms with Gasteiger partial charge in [0.15, 0.2) is 9.84 Å². The quantitative estimate of drug-likeness (QED) is 0.710. The van der Waals surface area contributed by atoms with Gasteiger partial charge in [-0.05, 0) is 18.6 Å². The van der Waals surface area contributed by atoms with E-state index in [1.807, 2.05) is 6.92 Å². The average Bonchev–Trinajstić information content (AvgIpc) is 2.44. The van der Waals surface area contributed by atoms with Crippen LogP contribution in [-0.4, -0.2) is 37.3 Å².